The Balaban J connectivity index is 1.57. The molecule has 1 saturated heterocycles. The maximum absolute atomic E-state index is 12.8. The Bertz CT molecular complexity index is 745. The van der Waals surface area contributed by atoms with E-state index >= 15 is 0 Å². The van der Waals surface area contributed by atoms with Gasteiger partial charge in [0.15, 0.2) is 0 Å². The number of nitrogens with zero attached hydrogens (tertiary/aromatic N) is 2. The van der Waals surface area contributed by atoms with Crippen LogP contribution in [-0.2, 0) is 14.8 Å². The molecule has 0 N–H and O–H groups in total. The lowest BCUT2D eigenvalue weighted by atomic mass is 9.80. The second kappa shape index (κ2) is 8.40. The summed E-state index contributed by atoms with van der Waals surface area (Å²) in [5.74, 6) is 1.39. The molecule has 7 heteroatoms. The van der Waals surface area contributed by atoms with Gasteiger partial charge in [-0.05, 0) is 52.7 Å². The summed E-state index contributed by atoms with van der Waals surface area (Å²) >= 11 is 3.32. The molecule has 0 bridgehead atoms. The zero-order chi connectivity index (χ0) is 18.7. The topological polar surface area (TPSA) is 57.7 Å². The summed E-state index contributed by atoms with van der Waals surface area (Å²) in [7, 11) is -3.53. The fourth-order valence-electron chi connectivity index (χ4n) is 4.09. The summed E-state index contributed by atoms with van der Waals surface area (Å²) in [6.07, 6.45) is 5.39. The standard InChI is InChI=1S/C19H27BrN2O3S/c1-15-5-4-6-16(13-15)14-19(23)21-9-11-22(12-10-21)26(24,25)18-8-3-2-7-17(18)20/h2-3,7-8,15-16H,4-6,9-14H2,1H3. The number of hydrogen-bond acceptors (Lipinski definition) is 3. The highest BCUT2D eigenvalue weighted by atomic mass is 79.9. The largest absolute Gasteiger partial charge is 0.340 e. The van der Waals surface area contributed by atoms with E-state index in [-0.39, 0.29) is 10.8 Å². The summed E-state index contributed by atoms with van der Waals surface area (Å²) in [6, 6.07) is 6.87. The molecule has 3 rings (SSSR count). The Kier molecular flexibility index (Phi) is 6.41. The number of hydrogen-bond donors (Lipinski definition) is 0. The Hall–Kier alpha value is -0.920. The molecular formula is C19H27BrN2O3S. The molecule has 0 radical (unpaired) electrons. The van der Waals surface area contributed by atoms with Gasteiger partial charge in [0.1, 0.15) is 0 Å². The van der Waals surface area contributed by atoms with Crippen LogP contribution in [0.2, 0.25) is 0 Å². The third-order valence-electron chi connectivity index (χ3n) is 5.55. The van der Waals surface area contributed by atoms with Crippen LogP contribution in [0.25, 0.3) is 0 Å². The Morgan fingerprint density at radius 3 is 2.50 bits per heavy atom. The van der Waals surface area contributed by atoms with Crippen molar-refractivity contribution in [3.05, 3.63) is 28.7 Å². The van der Waals surface area contributed by atoms with Crippen LogP contribution in [0.5, 0.6) is 0 Å². The molecule has 1 aromatic rings. The third kappa shape index (κ3) is 4.49. The highest BCUT2D eigenvalue weighted by Crippen LogP contribution is 2.31. The second-order valence-electron chi connectivity index (χ2n) is 7.56. The van der Waals surface area contributed by atoms with Crippen LogP contribution in [0.4, 0.5) is 0 Å². The first-order chi connectivity index (χ1) is 12.4. The van der Waals surface area contributed by atoms with Crippen molar-refractivity contribution < 1.29 is 13.2 Å². The molecule has 2 aliphatic rings. The Morgan fingerprint density at radius 2 is 1.85 bits per heavy atom. The number of piperazine rings is 1. The van der Waals surface area contributed by atoms with Crippen molar-refractivity contribution in [3.8, 4) is 0 Å². The fourth-order valence-corrected chi connectivity index (χ4v) is 6.48. The van der Waals surface area contributed by atoms with Gasteiger partial charge in [0.25, 0.3) is 0 Å². The van der Waals surface area contributed by atoms with Crippen LogP contribution in [0, 0.1) is 11.8 Å². The molecule has 1 aromatic carbocycles. The summed E-state index contributed by atoms with van der Waals surface area (Å²) in [5.41, 5.74) is 0. The monoisotopic (exact) mass is 442 g/mol. The number of sulfonamides is 1. The van der Waals surface area contributed by atoms with E-state index in [1.54, 1.807) is 24.3 Å². The molecule has 1 aliphatic carbocycles. The van der Waals surface area contributed by atoms with E-state index < -0.39 is 10.0 Å². The molecule has 1 heterocycles. The van der Waals surface area contributed by atoms with Gasteiger partial charge in [-0.15, -0.1) is 0 Å². The summed E-state index contributed by atoms with van der Waals surface area (Å²) in [4.78, 5) is 14.7. The van der Waals surface area contributed by atoms with Crippen molar-refractivity contribution >= 4 is 31.9 Å². The van der Waals surface area contributed by atoms with E-state index in [4.69, 9.17) is 0 Å². The second-order valence-corrected chi connectivity index (χ2v) is 10.3. The first kappa shape index (κ1) is 19.8. The molecule has 1 saturated carbocycles. The number of amides is 1. The number of halogens is 1. The van der Waals surface area contributed by atoms with Gasteiger partial charge in [-0.1, -0.05) is 31.9 Å². The minimum atomic E-state index is -3.53. The van der Waals surface area contributed by atoms with E-state index in [1.165, 1.54) is 17.1 Å². The van der Waals surface area contributed by atoms with Crippen molar-refractivity contribution in [2.24, 2.45) is 11.8 Å². The van der Waals surface area contributed by atoms with Gasteiger partial charge in [-0.25, -0.2) is 8.42 Å². The van der Waals surface area contributed by atoms with E-state index in [1.807, 2.05) is 4.90 Å². The molecule has 0 aromatic heterocycles. The minimum Gasteiger partial charge on any atom is -0.340 e. The lowest BCUT2D eigenvalue weighted by Gasteiger charge is -2.35. The molecular weight excluding hydrogens is 416 g/mol. The van der Waals surface area contributed by atoms with Gasteiger partial charge in [0.2, 0.25) is 15.9 Å². The first-order valence-electron chi connectivity index (χ1n) is 9.40. The van der Waals surface area contributed by atoms with E-state index in [0.717, 1.165) is 12.8 Å². The number of carbonyl (C=O) groups excluding carboxylic acids is 1. The van der Waals surface area contributed by atoms with Crippen molar-refractivity contribution in [1.82, 2.24) is 9.21 Å². The number of carbonyl (C=O) groups is 1. The van der Waals surface area contributed by atoms with Gasteiger partial charge >= 0.3 is 0 Å². The molecule has 144 valence electrons. The fraction of sp³-hybridized carbons (Fsp3) is 0.632. The Labute approximate surface area is 164 Å². The zero-order valence-electron chi connectivity index (χ0n) is 15.2. The van der Waals surface area contributed by atoms with E-state index in [9.17, 15) is 13.2 Å². The van der Waals surface area contributed by atoms with Crippen molar-refractivity contribution in [2.75, 3.05) is 26.2 Å². The van der Waals surface area contributed by atoms with Crippen molar-refractivity contribution in [1.29, 1.82) is 0 Å². The van der Waals surface area contributed by atoms with Crippen molar-refractivity contribution in [3.63, 3.8) is 0 Å². The molecule has 5 nitrogen and oxygen atoms in total. The highest BCUT2D eigenvalue weighted by molar-refractivity contribution is 9.10. The van der Waals surface area contributed by atoms with Crippen LogP contribution < -0.4 is 0 Å². The normalized spacial score (nSPS) is 25.2. The molecule has 26 heavy (non-hydrogen) atoms. The van der Waals surface area contributed by atoms with Gasteiger partial charge < -0.3 is 4.90 Å². The molecule has 2 fully saturated rings. The highest BCUT2D eigenvalue weighted by Gasteiger charge is 2.32. The average molecular weight is 443 g/mol. The summed E-state index contributed by atoms with van der Waals surface area (Å²) in [6.45, 7) is 3.94. The smallest absolute Gasteiger partial charge is 0.244 e. The van der Waals surface area contributed by atoms with Crippen molar-refractivity contribution in [2.45, 2.75) is 43.9 Å². The molecule has 1 aliphatic heterocycles. The quantitative estimate of drug-likeness (QED) is 0.716. The van der Waals surface area contributed by atoms with Crippen LogP contribution >= 0.6 is 15.9 Å². The first-order valence-corrected chi connectivity index (χ1v) is 11.6. The van der Waals surface area contributed by atoms with Gasteiger partial charge in [0, 0.05) is 37.1 Å². The summed E-state index contributed by atoms with van der Waals surface area (Å²) < 4.78 is 27.7. The van der Waals surface area contributed by atoms with Crippen LogP contribution in [0.15, 0.2) is 33.6 Å². The van der Waals surface area contributed by atoms with Gasteiger partial charge in [0.05, 0.1) is 4.90 Å². The average Bonchev–Trinajstić information content (AvgIpc) is 2.62. The van der Waals surface area contributed by atoms with E-state index in [2.05, 4.69) is 22.9 Å². The zero-order valence-corrected chi connectivity index (χ0v) is 17.6. The lowest BCUT2D eigenvalue weighted by Crippen LogP contribution is -2.50. The SMILES string of the molecule is CC1CCCC(CC(=O)N2CCN(S(=O)(=O)c3ccccc3Br)CC2)C1. The third-order valence-corrected chi connectivity index (χ3v) is 8.46. The lowest BCUT2D eigenvalue weighted by molar-refractivity contribution is -0.133. The molecule has 2 atom stereocenters. The van der Waals surface area contributed by atoms with Crippen LogP contribution in [-0.4, -0.2) is 49.7 Å². The van der Waals surface area contributed by atoms with Crippen LogP contribution in [0.1, 0.15) is 39.0 Å². The van der Waals surface area contributed by atoms with Gasteiger partial charge in [-0.2, -0.15) is 4.31 Å². The Morgan fingerprint density at radius 1 is 1.15 bits per heavy atom. The predicted octanol–water partition coefficient (Wildman–Crippen LogP) is 3.50. The number of benzene rings is 1. The summed E-state index contributed by atoms with van der Waals surface area (Å²) in [5, 5.41) is 0. The van der Waals surface area contributed by atoms with E-state index in [0.29, 0.717) is 48.9 Å². The molecule has 1 amide bonds. The molecule has 0 spiro atoms. The maximum atomic E-state index is 12.8. The molecule has 2 unspecified atom stereocenters. The maximum Gasteiger partial charge on any atom is 0.244 e. The van der Waals surface area contributed by atoms with Crippen LogP contribution in [0.3, 0.4) is 0 Å². The van der Waals surface area contributed by atoms with Gasteiger partial charge in [-0.3, -0.25) is 4.79 Å². The minimum absolute atomic E-state index is 0.182. The number of rotatable bonds is 4. The predicted molar refractivity (Wildman–Crippen MR) is 105 cm³/mol.